The van der Waals surface area contributed by atoms with Crippen molar-refractivity contribution in [2.45, 2.75) is 420 Å². The molecule has 0 aromatic carbocycles. The maximum Gasteiger partial charge on any atom is 0.220 e. The number of nitrogens with one attached hydrogen (secondary N) is 1. The molecule has 0 spiro atoms. The van der Waals surface area contributed by atoms with Crippen molar-refractivity contribution in [3.63, 3.8) is 0 Å². The molecule has 0 aromatic rings. The topological polar surface area (TPSA) is 307 Å². The number of carbonyl (C=O) groups is 1. The number of unbranched alkanes of at least 4 members (excludes halogenated alkanes) is 40. The first-order chi connectivity index (χ1) is 48.8. The van der Waals surface area contributed by atoms with Crippen LogP contribution in [0.4, 0.5) is 0 Å². The number of allylic oxidation sites excluding steroid dienone is 9. The molecule has 3 heterocycles. The third-order valence-corrected chi connectivity index (χ3v) is 20.1. The third kappa shape index (κ3) is 41.4. The van der Waals surface area contributed by atoms with Gasteiger partial charge in [-0.15, -0.1) is 0 Å². The summed E-state index contributed by atoms with van der Waals surface area (Å²) in [5, 5.41) is 121. The maximum absolute atomic E-state index is 13.5. The average molecular weight is 1420 g/mol. The summed E-state index contributed by atoms with van der Waals surface area (Å²) in [4.78, 5) is 13.5. The number of rotatable bonds is 64. The number of carbonyl (C=O) groups excluding carboxylic acids is 1. The molecule has 3 aliphatic heterocycles. The van der Waals surface area contributed by atoms with Crippen LogP contribution in [0.2, 0.25) is 0 Å². The van der Waals surface area contributed by atoms with Gasteiger partial charge < -0.3 is 89.9 Å². The highest BCUT2D eigenvalue weighted by Gasteiger charge is 2.54. The van der Waals surface area contributed by atoms with Gasteiger partial charge in [-0.1, -0.05) is 312 Å². The third-order valence-electron chi connectivity index (χ3n) is 20.1. The van der Waals surface area contributed by atoms with Gasteiger partial charge in [0.05, 0.1) is 38.6 Å². The Morgan fingerprint density at radius 3 is 1.08 bits per heavy atom. The van der Waals surface area contributed by atoms with Gasteiger partial charge in [-0.2, -0.15) is 0 Å². The summed E-state index contributed by atoms with van der Waals surface area (Å²) in [5.41, 5.74) is 0. The first-order valence-electron chi connectivity index (χ1n) is 40.5. The van der Waals surface area contributed by atoms with E-state index in [2.05, 4.69) is 67.8 Å². The fourth-order valence-electron chi connectivity index (χ4n) is 13.6. The van der Waals surface area contributed by atoms with Crippen molar-refractivity contribution in [1.29, 1.82) is 0 Å². The maximum atomic E-state index is 13.5. The van der Waals surface area contributed by atoms with Crippen molar-refractivity contribution in [1.82, 2.24) is 5.32 Å². The van der Waals surface area contributed by atoms with E-state index in [1.807, 2.05) is 6.08 Å². The Labute approximate surface area is 605 Å². The number of ether oxygens (including phenoxy) is 6. The Bertz CT molecular complexity index is 2040. The molecule has 3 fully saturated rings. The van der Waals surface area contributed by atoms with E-state index in [0.29, 0.717) is 6.42 Å². The highest BCUT2D eigenvalue weighted by molar-refractivity contribution is 5.76. The molecule has 3 aliphatic rings. The molecule has 1 amide bonds. The van der Waals surface area contributed by atoms with Crippen LogP contribution in [0, 0.1) is 0 Å². The number of hydrogen-bond acceptors (Lipinski definition) is 18. The highest BCUT2D eigenvalue weighted by Crippen LogP contribution is 2.33. The number of hydrogen-bond donors (Lipinski definition) is 12. The second-order valence-corrected chi connectivity index (χ2v) is 28.9. The van der Waals surface area contributed by atoms with Crippen LogP contribution in [-0.2, 0) is 33.2 Å². The number of amides is 1. The standard InChI is InChI=1S/C81H147NO18/c1-3-5-7-9-11-13-15-17-19-21-23-25-27-29-31-32-33-35-37-39-41-43-45-47-49-51-53-55-57-59-69(87)82-64(65(86)58-56-54-52-50-48-46-44-42-40-38-36-34-30-28-26-24-22-20-18-16-14-12-10-8-6-4-2)63-95-79-75(93)72(90)77(67(61-84)97-79)100-81-76(94)73(91)78(68(62-85)98-81)99-80-74(92)71(89)70(88)66(60-83)96-80/h5,7,11,13,17,19,23,25,56,58,64-68,70-81,83-86,88-94H,3-4,6,8-10,12,14-16,18,20-22,24,26-55,57,59-63H2,1-2H3,(H,82,87)/b7-5-,13-11-,19-17-,25-23-,58-56+. The lowest BCUT2D eigenvalue weighted by Gasteiger charge is -2.48. The van der Waals surface area contributed by atoms with Gasteiger partial charge in [0.1, 0.15) is 73.2 Å². The zero-order valence-electron chi connectivity index (χ0n) is 62.4. The quantitative estimate of drug-likeness (QED) is 0.0199. The van der Waals surface area contributed by atoms with E-state index in [9.17, 15) is 61.0 Å². The van der Waals surface area contributed by atoms with Crippen LogP contribution in [0.15, 0.2) is 60.8 Å². The van der Waals surface area contributed by atoms with Gasteiger partial charge in [-0.05, 0) is 57.8 Å². The van der Waals surface area contributed by atoms with E-state index in [0.717, 1.165) is 70.6 Å². The van der Waals surface area contributed by atoms with Gasteiger partial charge in [0.25, 0.3) is 0 Å². The van der Waals surface area contributed by atoms with Crippen molar-refractivity contribution >= 4 is 5.91 Å². The summed E-state index contributed by atoms with van der Waals surface area (Å²) in [7, 11) is 0. The minimum Gasteiger partial charge on any atom is -0.394 e. The summed E-state index contributed by atoms with van der Waals surface area (Å²) in [6.45, 7) is 1.67. The number of aliphatic hydroxyl groups excluding tert-OH is 11. The van der Waals surface area contributed by atoms with Crippen LogP contribution in [0.3, 0.4) is 0 Å². The normalized spacial score (nSPS) is 26.8. The Hall–Kier alpha value is -2.51. The van der Waals surface area contributed by atoms with Crippen LogP contribution >= 0.6 is 0 Å². The largest absolute Gasteiger partial charge is 0.394 e. The van der Waals surface area contributed by atoms with Gasteiger partial charge in [0, 0.05) is 6.42 Å². The summed E-state index contributed by atoms with van der Waals surface area (Å²) in [6.07, 6.45) is 52.0. The second kappa shape index (κ2) is 61.6. The lowest BCUT2D eigenvalue weighted by atomic mass is 9.96. The molecule has 0 aromatic heterocycles. The van der Waals surface area contributed by atoms with E-state index in [1.54, 1.807) is 6.08 Å². The zero-order chi connectivity index (χ0) is 72.5. The smallest absolute Gasteiger partial charge is 0.220 e. The Kier molecular flexibility index (Phi) is 56.5. The zero-order valence-corrected chi connectivity index (χ0v) is 62.4. The molecule has 3 rings (SSSR count). The lowest BCUT2D eigenvalue weighted by molar-refractivity contribution is -0.379. The Morgan fingerprint density at radius 1 is 0.370 bits per heavy atom. The predicted octanol–water partition coefficient (Wildman–Crippen LogP) is 13.5. The molecular formula is C81H147NO18. The van der Waals surface area contributed by atoms with E-state index in [-0.39, 0.29) is 18.9 Å². The van der Waals surface area contributed by atoms with E-state index >= 15 is 0 Å². The van der Waals surface area contributed by atoms with Gasteiger partial charge in [0.15, 0.2) is 18.9 Å². The first kappa shape index (κ1) is 91.7. The van der Waals surface area contributed by atoms with Crippen LogP contribution in [0.1, 0.15) is 316 Å². The van der Waals surface area contributed by atoms with Gasteiger partial charge in [-0.3, -0.25) is 4.79 Å². The van der Waals surface area contributed by atoms with Crippen LogP contribution in [-0.4, -0.2) is 193 Å². The first-order valence-corrected chi connectivity index (χ1v) is 40.5. The van der Waals surface area contributed by atoms with Crippen LogP contribution in [0.5, 0.6) is 0 Å². The molecule has 17 atom stereocenters. The molecular weight excluding hydrogens is 1270 g/mol. The minimum atomic E-state index is -1.98. The Morgan fingerprint density at radius 2 is 0.690 bits per heavy atom. The molecule has 584 valence electrons. The van der Waals surface area contributed by atoms with E-state index in [4.69, 9.17) is 28.4 Å². The van der Waals surface area contributed by atoms with Crippen LogP contribution < -0.4 is 5.32 Å². The summed E-state index contributed by atoms with van der Waals surface area (Å²) < 4.78 is 34.5. The van der Waals surface area contributed by atoms with Gasteiger partial charge >= 0.3 is 0 Å². The second-order valence-electron chi connectivity index (χ2n) is 28.9. The molecule has 19 nitrogen and oxygen atoms in total. The molecule has 0 saturated carbocycles. The monoisotopic (exact) mass is 1420 g/mol. The summed E-state index contributed by atoms with van der Waals surface area (Å²) in [6, 6.07) is -0.976. The highest BCUT2D eigenvalue weighted by atomic mass is 16.8. The van der Waals surface area contributed by atoms with Crippen molar-refractivity contribution < 1.29 is 89.4 Å². The lowest BCUT2D eigenvalue weighted by Crippen LogP contribution is -2.66. The molecule has 12 N–H and O–H groups in total. The van der Waals surface area contributed by atoms with Crippen LogP contribution in [0.25, 0.3) is 0 Å². The van der Waals surface area contributed by atoms with Crippen molar-refractivity contribution in [3.05, 3.63) is 60.8 Å². The molecule has 19 heteroatoms. The molecule has 0 radical (unpaired) electrons. The molecule has 100 heavy (non-hydrogen) atoms. The van der Waals surface area contributed by atoms with Gasteiger partial charge in [0.2, 0.25) is 5.91 Å². The fraction of sp³-hybridized carbons (Fsp3) is 0.864. The SMILES string of the molecule is CC/C=C\C/C=C\C/C=C\C/C=C\CCCCCCCCCCCCCCCCCCC(=O)NC(COC1OC(CO)C(OC2OC(CO)C(OC3OC(CO)C(O)C(O)C3O)C(O)C2O)C(O)C1O)C(O)/C=C/CCCCCCCCCCCCCCCCCCCCCCCCCC. The van der Waals surface area contributed by atoms with E-state index in [1.165, 1.54) is 218 Å². The molecule has 0 bridgehead atoms. The van der Waals surface area contributed by atoms with Crippen molar-refractivity contribution in [3.8, 4) is 0 Å². The van der Waals surface area contributed by atoms with Crippen molar-refractivity contribution in [2.75, 3.05) is 26.4 Å². The van der Waals surface area contributed by atoms with Crippen molar-refractivity contribution in [2.24, 2.45) is 0 Å². The number of aliphatic hydroxyl groups is 11. The van der Waals surface area contributed by atoms with Gasteiger partial charge in [-0.25, -0.2) is 0 Å². The Balaban J connectivity index is 1.38. The predicted molar refractivity (Wildman–Crippen MR) is 397 cm³/mol. The van der Waals surface area contributed by atoms with E-state index < -0.39 is 124 Å². The summed E-state index contributed by atoms with van der Waals surface area (Å²) >= 11 is 0. The molecule has 17 unspecified atom stereocenters. The molecule has 0 aliphatic carbocycles. The minimum absolute atomic E-state index is 0.243. The molecule has 3 saturated heterocycles. The summed E-state index contributed by atoms with van der Waals surface area (Å²) in [5.74, 6) is -0.272. The average Bonchev–Trinajstić information content (AvgIpc) is 0.783. The fourth-order valence-corrected chi connectivity index (χ4v) is 13.6.